The molecule has 0 aliphatic carbocycles. The summed E-state index contributed by atoms with van der Waals surface area (Å²) >= 11 is 0. The molecule has 0 saturated carbocycles. The Morgan fingerprint density at radius 1 is 1.47 bits per heavy atom. The van der Waals surface area contributed by atoms with E-state index in [-0.39, 0.29) is 18.9 Å². The number of piperidine rings is 1. The molecule has 0 aromatic heterocycles. The fourth-order valence-electron chi connectivity index (χ4n) is 1.94. The number of aliphatic carboxylic acids is 1. The average molecular weight is 215 g/mol. The minimum atomic E-state index is -0.940. The van der Waals surface area contributed by atoms with Gasteiger partial charge in [-0.05, 0) is 31.8 Å². The van der Waals surface area contributed by atoms with Crippen molar-refractivity contribution in [3.8, 4) is 0 Å². The van der Waals surface area contributed by atoms with Gasteiger partial charge in [-0.15, -0.1) is 0 Å². The Labute approximate surface area is 88.7 Å². The molecule has 1 aliphatic heterocycles. The lowest BCUT2D eigenvalue weighted by Gasteiger charge is -2.34. The lowest BCUT2D eigenvalue weighted by atomic mass is 9.96. The Morgan fingerprint density at radius 2 is 2.07 bits per heavy atom. The number of rotatable bonds is 5. The topological polar surface area (TPSA) is 77.8 Å². The van der Waals surface area contributed by atoms with Crippen LogP contribution in [0.1, 0.15) is 19.3 Å². The Bertz CT molecular complexity index is 223. The second-order valence-corrected chi connectivity index (χ2v) is 3.92. The number of hydrogen-bond acceptors (Lipinski definition) is 4. The maximum absolute atomic E-state index is 10.9. The predicted molar refractivity (Wildman–Crippen MR) is 53.5 cm³/mol. The van der Waals surface area contributed by atoms with Gasteiger partial charge >= 0.3 is 5.97 Å². The van der Waals surface area contributed by atoms with Gasteiger partial charge in [0.15, 0.2) is 0 Å². The molecule has 0 radical (unpaired) electrons. The molecule has 2 N–H and O–H groups in total. The second kappa shape index (κ2) is 5.82. The maximum Gasteiger partial charge on any atom is 0.321 e. The van der Waals surface area contributed by atoms with Gasteiger partial charge in [-0.2, -0.15) is 0 Å². The smallest absolute Gasteiger partial charge is 0.321 e. The fraction of sp³-hybridized carbons (Fsp3) is 0.800. The number of hydrogen-bond donors (Lipinski definition) is 2. The van der Waals surface area contributed by atoms with Crippen LogP contribution in [0.15, 0.2) is 0 Å². The molecule has 0 bridgehead atoms. The molecule has 5 nitrogen and oxygen atoms in total. The Kier molecular flexibility index (Phi) is 4.71. The van der Waals surface area contributed by atoms with Crippen molar-refractivity contribution in [2.75, 3.05) is 19.7 Å². The first kappa shape index (κ1) is 12.1. The lowest BCUT2D eigenvalue weighted by molar-refractivity contribution is -0.145. The number of carbonyl (C=O) groups is 2. The zero-order valence-corrected chi connectivity index (χ0v) is 8.63. The number of carboxylic acid groups (broad SMARTS) is 1. The summed E-state index contributed by atoms with van der Waals surface area (Å²) in [5.74, 6) is -0.656. The van der Waals surface area contributed by atoms with Crippen molar-refractivity contribution in [2.45, 2.75) is 25.3 Å². The van der Waals surface area contributed by atoms with Gasteiger partial charge < -0.3 is 15.0 Å². The highest BCUT2D eigenvalue weighted by Gasteiger charge is 2.28. The van der Waals surface area contributed by atoms with E-state index in [1.807, 2.05) is 4.90 Å². The molecule has 1 saturated heterocycles. The van der Waals surface area contributed by atoms with Gasteiger partial charge in [-0.25, -0.2) is 0 Å². The van der Waals surface area contributed by atoms with Crippen molar-refractivity contribution in [3.05, 3.63) is 0 Å². The standard InChI is InChI=1S/C10H17NO4/c12-6-3-9(10(14)15)11-4-1-8(7-13)2-5-11/h6,8-9,13H,1-5,7H2,(H,14,15). The van der Waals surface area contributed by atoms with Crippen molar-refractivity contribution < 1.29 is 19.8 Å². The van der Waals surface area contributed by atoms with E-state index in [0.717, 1.165) is 12.8 Å². The van der Waals surface area contributed by atoms with Crippen LogP contribution in [0.4, 0.5) is 0 Å². The Morgan fingerprint density at radius 3 is 2.47 bits per heavy atom. The molecule has 0 aromatic rings. The van der Waals surface area contributed by atoms with Gasteiger partial charge in [0, 0.05) is 13.0 Å². The molecule has 86 valence electrons. The number of carboxylic acids is 1. The fourth-order valence-corrected chi connectivity index (χ4v) is 1.94. The Hall–Kier alpha value is -0.940. The molecule has 0 spiro atoms. The molecule has 0 aromatic carbocycles. The van der Waals surface area contributed by atoms with Gasteiger partial charge in [0.05, 0.1) is 0 Å². The van der Waals surface area contributed by atoms with Gasteiger partial charge in [-0.3, -0.25) is 9.69 Å². The third-order valence-electron chi connectivity index (χ3n) is 2.95. The van der Waals surface area contributed by atoms with Crippen LogP contribution in [0.25, 0.3) is 0 Å². The van der Waals surface area contributed by atoms with E-state index in [2.05, 4.69) is 0 Å². The van der Waals surface area contributed by atoms with Crippen LogP contribution in [-0.2, 0) is 9.59 Å². The number of likely N-dealkylation sites (tertiary alicyclic amines) is 1. The molecular formula is C10H17NO4. The summed E-state index contributed by atoms with van der Waals surface area (Å²) in [4.78, 5) is 23.1. The minimum absolute atomic E-state index is 0.0408. The highest BCUT2D eigenvalue weighted by Crippen LogP contribution is 2.19. The first-order valence-corrected chi connectivity index (χ1v) is 5.20. The van der Waals surface area contributed by atoms with Crippen LogP contribution in [0.2, 0.25) is 0 Å². The summed E-state index contributed by atoms with van der Waals surface area (Å²) in [6, 6.07) is -0.692. The van der Waals surface area contributed by atoms with E-state index < -0.39 is 12.0 Å². The van der Waals surface area contributed by atoms with E-state index in [1.54, 1.807) is 0 Å². The molecule has 15 heavy (non-hydrogen) atoms. The number of aliphatic hydroxyl groups excluding tert-OH is 1. The summed E-state index contributed by atoms with van der Waals surface area (Å²) in [5.41, 5.74) is 0. The Balaban J connectivity index is 2.48. The molecule has 1 unspecified atom stereocenters. The van der Waals surface area contributed by atoms with E-state index in [4.69, 9.17) is 10.2 Å². The normalized spacial score (nSPS) is 21.1. The predicted octanol–water partition coefficient (Wildman–Crippen LogP) is -0.267. The zero-order valence-electron chi connectivity index (χ0n) is 8.63. The van der Waals surface area contributed by atoms with Crippen LogP contribution in [-0.4, -0.2) is 53.1 Å². The van der Waals surface area contributed by atoms with Crippen LogP contribution < -0.4 is 0 Å². The van der Waals surface area contributed by atoms with E-state index >= 15 is 0 Å². The van der Waals surface area contributed by atoms with E-state index in [0.29, 0.717) is 19.4 Å². The molecule has 1 heterocycles. The molecule has 1 rings (SSSR count). The van der Waals surface area contributed by atoms with E-state index in [1.165, 1.54) is 0 Å². The van der Waals surface area contributed by atoms with Crippen LogP contribution in [0, 0.1) is 5.92 Å². The first-order valence-electron chi connectivity index (χ1n) is 5.20. The van der Waals surface area contributed by atoms with Gasteiger partial charge in [0.1, 0.15) is 12.3 Å². The third kappa shape index (κ3) is 3.28. The lowest BCUT2D eigenvalue weighted by Crippen LogP contribution is -2.46. The third-order valence-corrected chi connectivity index (χ3v) is 2.95. The summed E-state index contributed by atoms with van der Waals surface area (Å²) < 4.78 is 0. The summed E-state index contributed by atoms with van der Waals surface area (Å²) in [5, 5.41) is 17.9. The zero-order chi connectivity index (χ0) is 11.3. The van der Waals surface area contributed by atoms with E-state index in [9.17, 15) is 9.59 Å². The summed E-state index contributed by atoms with van der Waals surface area (Å²) in [6.45, 7) is 1.46. The molecular weight excluding hydrogens is 198 g/mol. The highest BCUT2D eigenvalue weighted by atomic mass is 16.4. The number of nitrogens with zero attached hydrogens (tertiary/aromatic N) is 1. The van der Waals surface area contributed by atoms with Crippen molar-refractivity contribution in [1.29, 1.82) is 0 Å². The second-order valence-electron chi connectivity index (χ2n) is 3.92. The summed E-state index contributed by atoms with van der Waals surface area (Å²) in [7, 11) is 0. The average Bonchev–Trinajstić information content (AvgIpc) is 2.26. The molecule has 5 heteroatoms. The van der Waals surface area contributed by atoms with Crippen molar-refractivity contribution >= 4 is 12.3 Å². The van der Waals surface area contributed by atoms with Crippen LogP contribution >= 0.6 is 0 Å². The van der Waals surface area contributed by atoms with Crippen LogP contribution in [0.5, 0.6) is 0 Å². The quantitative estimate of drug-likeness (QED) is 0.617. The number of aliphatic hydroxyl groups is 1. The molecule has 1 aliphatic rings. The van der Waals surface area contributed by atoms with Crippen molar-refractivity contribution in [1.82, 2.24) is 4.90 Å². The van der Waals surface area contributed by atoms with Gasteiger partial charge in [-0.1, -0.05) is 0 Å². The molecule has 1 atom stereocenters. The maximum atomic E-state index is 10.9. The molecule has 0 amide bonds. The van der Waals surface area contributed by atoms with Crippen LogP contribution in [0.3, 0.4) is 0 Å². The highest BCUT2D eigenvalue weighted by molar-refractivity contribution is 5.76. The van der Waals surface area contributed by atoms with Crippen molar-refractivity contribution in [3.63, 3.8) is 0 Å². The minimum Gasteiger partial charge on any atom is -0.480 e. The van der Waals surface area contributed by atoms with Gasteiger partial charge in [0.2, 0.25) is 0 Å². The van der Waals surface area contributed by atoms with Crippen molar-refractivity contribution in [2.24, 2.45) is 5.92 Å². The van der Waals surface area contributed by atoms with Gasteiger partial charge in [0.25, 0.3) is 0 Å². The monoisotopic (exact) mass is 215 g/mol. The summed E-state index contributed by atoms with van der Waals surface area (Å²) in [6.07, 6.45) is 2.30. The molecule has 1 fully saturated rings. The SMILES string of the molecule is O=CCC(C(=O)O)N1CCC(CO)CC1. The number of aldehydes is 1. The first-order chi connectivity index (χ1) is 7.19. The largest absolute Gasteiger partial charge is 0.480 e. The number of carbonyl (C=O) groups excluding carboxylic acids is 1.